The van der Waals surface area contributed by atoms with Gasteiger partial charge in [0.2, 0.25) is 10.0 Å². The second-order valence-corrected chi connectivity index (χ2v) is 7.31. The van der Waals surface area contributed by atoms with Gasteiger partial charge in [0, 0.05) is 5.54 Å². The van der Waals surface area contributed by atoms with Crippen molar-refractivity contribution in [3.8, 4) is 11.5 Å². The van der Waals surface area contributed by atoms with Crippen molar-refractivity contribution in [1.29, 1.82) is 0 Å². The number of benzene rings is 1. The Morgan fingerprint density at radius 1 is 1.16 bits per heavy atom. The van der Waals surface area contributed by atoms with Gasteiger partial charge in [0.25, 0.3) is 0 Å². The van der Waals surface area contributed by atoms with Gasteiger partial charge in [0.15, 0.2) is 11.5 Å². The predicted octanol–water partition coefficient (Wildman–Crippen LogP) is 1.68. The van der Waals surface area contributed by atoms with Crippen molar-refractivity contribution in [3.05, 3.63) is 23.8 Å². The Labute approximate surface area is 114 Å². The maximum Gasteiger partial charge on any atom is 0.216 e. The fraction of sp³-hybridized carbons (Fsp3) is 0.538. The third-order valence-electron chi connectivity index (χ3n) is 2.42. The highest BCUT2D eigenvalue weighted by atomic mass is 32.2. The topological polar surface area (TPSA) is 64.6 Å². The van der Waals surface area contributed by atoms with E-state index in [-0.39, 0.29) is 5.75 Å². The first-order valence-electron chi connectivity index (χ1n) is 6.15. The molecule has 5 nitrogen and oxygen atoms in total. The highest BCUT2D eigenvalue weighted by Crippen LogP contribution is 2.31. The van der Waals surface area contributed by atoms with E-state index in [4.69, 9.17) is 9.47 Å². The van der Waals surface area contributed by atoms with E-state index in [0.717, 1.165) is 0 Å². The second kappa shape index (κ2) is 5.02. The van der Waals surface area contributed by atoms with Crippen molar-refractivity contribution < 1.29 is 17.9 Å². The number of nitrogens with one attached hydrogen (secondary N) is 1. The van der Waals surface area contributed by atoms with Crippen LogP contribution in [0.4, 0.5) is 0 Å². The maximum atomic E-state index is 12.0. The van der Waals surface area contributed by atoms with Gasteiger partial charge in [0.05, 0.1) is 5.75 Å². The van der Waals surface area contributed by atoms with Gasteiger partial charge in [-0.15, -0.1) is 0 Å². The second-order valence-electron chi connectivity index (χ2n) is 5.59. The van der Waals surface area contributed by atoms with Crippen LogP contribution in [-0.2, 0) is 15.8 Å². The van der Waals surface area contributed by atoms with E-state index in [9.17, 15) is 8.42 Å². The summed E-state index contributed by atoms with van der Waals surface area (Å²) in [5, 5.41) is 0. The minimum absolute atomic E-state index is 0.0685. The molecular formula is C13H19NO4S. The molecule has 0 amide bonds. The van der Waals surface area contributed by atoms with Gasteiger partial charge >= 0.3 is 0 Å². The number of hydrogen-bond acceptors (Lipinski definition) is 4. The SMILES string of the molecule is CC(C)(C)NS(=O)(=O)Cc1ccc2c(c1)OCCO2. The van der Waals surface area contributed by atoms with Gasteiger partial charge in [0.1, 0.15) is 13.2 Å². The van der Waals surface area contributed by atoms with Gasteiger partial charge in [-0.2, -0.15) is 0 Å². The Hall–Kier alpha value is -1.27. The Morgan fingerprint density at radius 3 is 2.42 bits per heavy atom. The van der Waals surface area contributed by atoms with E-state index in [1.54, 1.807) is 18.2 Å². The van der Waals surface area contributed by atoms with Crippen LogP contribution in [0.5, 0.6) is 11.5 Å². The van der Waals surface area contributed by atoms with Crippen molar-refractivity contribution in [2.24, 2.45) is 0 Å². The summed E-state index contributed by atoms with van der Waals surface area (Å²) in [6, 6.07) is 5.21. The summed E-state index contributed by atoms with van der Waals surface area (Å²) in [7, 11) is -3.37. The van der Waals surface area contributed by atoms with Crippen LogP contribution in [-0.4, -0.2) is 27.2 Å². The van der Waals surface area contributed by atoms with Crippen molar-refractivity contribution in [3.63, 3.8) is 0 Å². The third kappa shape index (κ3) is 4.11. The van der Waals surface area contributed by atoms with Crippen LogP contribution in [0.2, 0.25) is 0 Å². The summed E-state index contributed by atoms with van der Waals surface area (Å²) in [5.41, 5.74) is 0.202. The Bertz CT molecular complexity index is 560. The minimum Gasteiger partial charge on any atom is -0.486 e. The van der Waals surface area contributed by atoms with Crippen LogP contribution >= 0.6 is 0 Å². The van der Waals surface area contributed by atoms with Crippen molar-refractivity contribution >= 4 is 10.0 Å². The summed E-state index contributed by atoms with van der Waals surface area (Å²) >= 11 is 0. The number of ether oxygens (including phenoxy) is 2. The lowest BCUT2D eigenvalue weighted by Crippen LogP contribution is -2.41. The lowest BCUT2D eigenvalue weighted by molar-refractivity contribution is 0.171. The average molecular weight is 285 g/mol. The van der Waals surface area contributed by atoms with E-state index in [1.807, 2.05) is 20.8 Å². The van der Waals surface area contributed by atoms with Gasteiger partial charge in [-0.1, -0.05) is 6.07 Å². The molecule has 0 saturated heterocycles. The first-order valence-corrected chi connectivity index (χ1v) is 7.81. The highest BCUT2D eigenvalue weighted by molar-refractivity contribution is 7.88. The van der Waals surface area contributed by atoms with Gasteiger partial charge in [-0.25, -0.2) is 13.1 Å². The summed E-state index contributed by atoms with van der Waals surface area (Å²) in [5.74, 6) is 1.20. The zero-order valence-corrected chi connectivity index (χ0v) is 12.2. The fourth-order valence-corrected chi connectivity index (χ4v) is 3.52. The molecule has 1 aliphatic heterocycles. The van der Waals surface area contributed by atoms with E-state index in [2.05, 4.69) is 4.72 Å². The summed E-state index contributed by atoms with van der Waals surface area (Å²) < 4.78 is 37.5. The van der Waals surface area contributed by atoms with Gasteiger partial charge in [-0.05, 0) is 38.5 Å². The molecule has 1 N–H and O–H groups in total. The number of sulfonamides is 1. The van der Waals surface area contributed by atoms with Gasteiger partial charge in [-0.3, -0.25) is 0 Å². The van der Waals surface area contributed by atoms with Crippen LogP contribution in [0.15, 0.2) is 18.2 Å². The molecule has 1 heterocycles. The van der Waals surface area contributed by atoms with Crippen molar-refractivity contribution in [1.82, 2.24) is 4.72 Å². The molecule has 0 unspecified atom stereocenters. The Morgan fingerprint density at radius 2 is 1.79 bits per heavy atom. The normalized spacial score (nSPS) is 15.3. The number of fused-ring (bicyclic) bond motifs is 1. The van der Waals surface area contributed by atoms with Crippen LogP contribution in [0.25, 0.3) is 0 Å². The lowest BCUT2D eigenvalue weighted by Gasteiger charge is -2.21. The molecule has 1 aliphatic rings. The standard InChI is InChI=1S/C13H19NO4S/c1-13(2,3)14-19(15,16)9-10-4-5-11-12(8-10)18-7-6-17-11/h4-5,8,14H,6-7,9H2,1-3H3. The van der Waals surface area contributed by atoms with Crippen LogP contribution in [0, 0.1) is 0 Å². The van der Waals surface area contributed by atoms with Crippen molar-refractivity contribution in [2.75, 3.05) is 13.2 Å². The molecule has 0 saturated carbocycles. The van der Waals surface area contributed by atoms with Gasteiger partial charge < -0.3 is 9.47 Å². The molecule has 6 heteroatoms. The zero-order valence-electron chi connectivity index (χ0n) is 11.4. The molecule has 0 atom stereocenters. The van der Waals surface area contributed by atoms with Crippen LogP contribution < -0.4 is 14.2 Å². The van der Waals surface area contributed by atoms with E-state index >= 15 is 0 Å². The first kappa shape index (κ1) is 14.1. The van der Waals surface area contributed by atoms with Crippen molar-refractivity contribution in [2.45, 2.75) is 32.1 Å². The zero-order chi connectivity index (χ0) is 14.1. The molecule has 0 aliphatic carbocycles. The molecule has 1 aromatic rings. The molecule has 0 bridgehead atoms. The monoisotopic (exact) mass is 285 g/mol. The maximum absolute atomic E-state index is 12.0. The number of rotatable bonds is 3. The average Bonchev–Trinajstić information content (AvgIpc) is 2.24. The largest absolute Gasteiger partial charge is 0.486 e. The smallest absolute Gasteiger partial charge is 0.216 e. The number of hydrogen-bond donors (Lipinski definition) is 1. The summed E-state index contributed by atoms with van der Waals surface area (Å²) in [4.78, 5) is 0. The van der Waals surface area contributed by atoms with E-state index < -0.39 is 15.6 Å². The molecule has 1 aromatic carbocycles. The molecule has 106 valence electrons. The van der Waals surface area contributed by atoms with Crippen LogP contribution in [0.1, 0.15) is 26.3 Å². The lowest BCUT2D eigenvalue weighted by atomic mass is 10.1. The molecule has 2 rings (SSSR count). The Kier molecular flexibility index (Phi) is 3.73. The molecule has 0 aromatic heterocycles. The summed E-state index contributed by atoms with van der Waals surface area (Å²) in [6.45, 7) is 6.46. The molecule has 19 heavy (non-hydrogen) atoms. The predicted molar refractivity (Wildman–Crippen MR) is 72.9 cm³/mol. The summed E-state index contributed by atoms with van der Waals surface area (Å²) in [6.07, 6.45) is 0. The fourth-order valence-electron chi connectivity index (χ4n) is 1.90. The van der Waals surface area contributed by atoms with E-state index in [1.165, 1.54) is 0 Å². The molecular weight excluding hydrogens is 266 g/mol. The quantitative estimate of drug-likeness (QED) is 0.917. The third-order valence-corrected chi connectivity index (χ3v) is 4.06. The Balaban J connectivity index is 2.15. The first-order chi connectivity index (χ1) is 8.75. The van der Waals surface area contributed by atoms with Crippen LogP contribution in [0.3, 0.4) is 0 Å². The molecule has 0 fully saturated rings. The highest BCUT2D eigenvalue weighted by Gasteiger charge is 2.21. The molecule has 0 spiro atoms. The molecule has 0 radical (unpaired) electrons. The minimum atomic E-state index is -3.37. The van der Waals surface area contributed by atoms with E-state index in [0.29, 0.717) is 30.3 Å².